The molecule has 1 aliphatic rings. The lowest BCUT2D eigenvalue weighted by molar-refractivity contribution is -0.182. The van der Waals surface area contributed by atoms with Crippen molar-refractivity contribution < 1.29 is 54.6 Å². The van der Waals surface area contributed by atoms with Crippen LogP contribution in [0.15, 0.2) is 24.3 Å². The third kappa shape index (κ3) is 8.38. The largest absolute Gasteiger partial charge is 0.471 e. The Hall–Kier alpha value is -4.02. The third-order valence-corrected chi connectivity index (χ3v) is 7.48. The van der Waals surface area contributed by atoms with E-state index < -0.39 is 67.2 Å². The molecule has 17 heteroatoms. The minimum absolute atomic E-state index is 0.0106. The van der Waals surface area contributed by atoms with Gasteiger partial charge in [-0.05, 0) is 48.9 Å². The van der Waals surface area contributed by atoms with Gasteiger partial charge in [-0.2, -0.15) is 31.3 Å². The second-order valence-electron chi connectivity index (χ2n) is 10.6. The molecule has 1 aromatic carbocycles. The number of carbonyl (C=O) groups is 2. The zero-order chi connectivity index (χ0) is 33.1. The van der Waals surface area contributed by atoms with E-state index >= 15 is 0 Å². The first-order chi connectivity index (χ1) is 21.1. The number of rotatable bonds is 10. The van der Waals surface area contributed by atoms with Crippen LogP contribution in [0.1, 0.15) is 58.6 Å². The fourth-order valence-corrected chi connectivity index (χ4v) is 5.15. The highest BCUT2D eigenvalue weighted by atomic mass is 19.4. The molecule has 9 nitrogen and oxygen atoms in total. The Morgan fingerprint density at radius 1 is 1.07 bits per heavy atom. The normalized spacial score (nSPS) is 17.5. The van der Waals surface area contributed by atoms with E-state index in [1.54, 1.807) is 0 Å². The Kier molecular flexibility index (Phi) is 10.2. The molecule has 2 amide bonds. The molecule has 3 aromatic rings. The molecule has 0 atom stereocenters. The van der Waals surface area contributed by atoms with Gasteiger partial charge in [0.1, 0.15) is 23.5 Å². The predicted molar refractivity (Wildman–Crippen MR) is 142 cm³/mol. The molecule has 0 spiro atoms. The van der Waals surface area contributed by atoms with Gasteiger partial charge in [0.05, 0.1) is 11.5 Å². The van der Waals surface area contributed by atoms with Crippen molar-refractivity contribution in [3.8, 4) is 5.88 Å². The first-order valence-corrected chi connectivity index (χ1v) is 13.8. The standard InChI is InChI=1S/C28H29F8N5O4/c1-41-22(9-15-8-14(11-37-23(43)12-42)2-7-19(15)28(34,35)36)39-20-10-18(26(40-24(20)41)45-13-21(29)30)25(44)38-17-5-3-16(4-6-17)27(31,32)33/h2,7-8,10,16-17,21,42H,3-6,9,11-13H2,1H3,(H,37,43)(H,38,44). The number of nitrogens with one attached hydrogen (secondary N) is 2. The average molecular weight is 652 g/mol. The molecule has 4 rings (SSSR count). The lowest BCUT2D eigenvalue weighted by atomic mass is 9.85. The summed E-state index contributed by atoms with van der Waals surface area (Å²) in [6, 6.07) is 3.79. The van der Waals surface area contributed by atoms with Gasteiger partial charge < -0.3 is 25.0 Å². The van der Waals surface area contributed by atoms with Gasteiger partial charge in [0.15, 0.2) is 12.3 Å². The topological polar surface area (TPSA) is 118 Å². The van der Waals surface area contributed by atoms with Crippen LogP contribution in [0.25, 0.3) is 11.2 Å². The van der Waals surface area contributed by atoms with E-state index in [1.807, 2.05) is 0 Å². The number of nitrogens with zero attached hydrogens (tertiary/aromatic N) is 3. The molecule has 0 radical (unpaired) electrons. The van der Waals surface area contributed by atoms with E-state index in [1.165, 1.54) is 29.8 Å². The van der Waals surface area contributed by atoms with Crippen LogP contribution in [0.5, 0.6) is 5.88 Å². The number of aliphatic hydroxyl groups excluding tert-OH is 1. The summed E-state index contributed by atoms with van der Waals surface area (Å²) in [5.41, 5.74) is -1.15. The molecule has 0 unspecified atom stereocenters. The molecule has 1 fully saturated rings. The summed E-state index contributed by atoms with van der Waals surface area (Å²) < 4.78 is 113. The van der Waals surface area contributed by atoms with Gasteiger partial charge >= 0.3 is 12.4 Å². The Labute approximate surface area is 251 Å². The van der Waals surface area contributed by atoms with Crippen LogP contribution < -0.4 is 15.4 Å². The van der Waals surface area contributed by atoms with E-state index in [0.29, 0.717) is 5.56 Å². The maximum atomic E-state index is 13.9. The number of ether oxygens (including phenoxy) is 1. The van der Waals surface area contributed by atoms with E-state index in [4.69, 9.17) is 9.84 Å². The van der Waals surface area contributed by atoms with Crippen LogP contribution in [0, 0.1) is 5.92 Å². The third-order valence-electron chi connectivity index (χ3n) is 7.48. The number of halogens is 8. The zero-order valence-electron chi connectivity index (χ0n) is 23.7. The van der Waals surface area contributed by atoms with Crippen LogP contribution in [-0.4, -0.2) is 63.3 Å². The fraction of sp³-hybridized carbons (Fsp3) is 0.500. The molecule has 2 aromatic heterocycles. The Balaban J connectivity index is 1.65. The molecular formula is C28H29F8N5O4. The van der Waals surface area contributed by atoms with E-state index in [2.05, 4.69) is 20.6 Å². The Morgan fingerprint density at radius 3 is 2.36 bits per heavy atom. The quantitative estimate of drug-likeness (QED) is 0.274. The van der Waals surface area contributed by atoms with E-state index in [0.717, 1.165) is 6.07 Å². The highest BCUT2D eigenvalue weighted by molar-refractivity contribution is 5.99. The van der Waals surface area contributed by atoms with Gasteiger partial charge in [0, 0.05) is 26.1 Å². The van der Waals surface area contributed by atoms with Gasteiger partial charge in [-0.1, -0.05) is 12.1 Å². The second-order valence-corrected chi connectivity index (χ2v) is 10.6. The molecule has 45 heavy (non-hydrogen) atoms. The number of aromatic nitrogens is 3. The molecule has 246 valence electrons. The van der Waals surface area contributed by atoms with Crippen LogP contribution in [-0.2, 0) is 31.0 Å². The number of benzene rings is 1. The average Bonchev–Trinajstić information content (AvgIpc) is 3.27. The summed E-state index contributed by atoms with van der Waals surface area (Å²) >= 11 is 0. The van der Waals surface area contributed by atoms with Crippen LogP contribution >= 0.6 is 0 Å². The maximum absolute atomic E-state index is 13.9. The van der Waals surface area contributed by atoms with Crippen molar-refractivity contribution in [2.75, 3.05) is 13.2 Å². The first kappa shape index (κ1) is 33.9. The summed E-state index contributed by atoms with van der Waals surface area (Å²) in [5.74, 6) is -3.50. The van der Waals surface area contributed by atoms with Crippen molar-refractivity contribution in [3.63, 3.8) is 0 Å². The number of amides is 2. The summed E-state index contributed by atoms with van der Waals surface area (Å²) in [6.07, 6.45) is -12.7. The highest BCUT2D eigenvalue weighted by Gasteiger charge is 2.41. The minimum atomic E-state index is -4.74. The molecule has 0 aliphatic heterocycles. The van der Waals surface area contributed by atoms with Crippen molar-refractivity contribution >= 4 is 23.0 Å². The lowest BCUT2D eigenvalue weighted by Crippen LogP contribution is -2.40. The Morgan fingerprint density at radius 2 is 1.76 bits per heavy atom. The van der Waals surface area contributed by atoms with Crippen LogP contribution in [0.4, 0.5) is 35.1 Å². The smallest absolute Gasteiger partial charge is 0.416 e. The van der Waals surface area contributed by atoms with Crippen LogP contribution in [0.3, 0.4) is 0 Å². The fourth-order valence-electron chi connectivity index (χ4n) is 5.15. The molecular weight excluding hydrogens is 622 g/mol. The number of aliphatic hydroxyl groups is 1. The predicted octanol–water partition coefficient (Wildman–Crippen LogP) is 4.68. The number of fused-ring (bicyclic) bond motifs is 1. The van der Waals surface area contributed by atoms with Gasteiger partial charge in [-0.15, -0.1) is 0 Å². The maximum Gasteiger partial charge on any atom is 0.416 e. The van der Waals surface area contributed by atoms with E-state index in [-0.39, 0.29) is 66.8 Å². The van der Waals surface area contributed by atoms with Gasteiger partial charge in [-0.3, -0.25) is 9.59 Å². The number of pyridine rings is 1. The highest BCUT2D eigenvalue weighted by Crippen LogP contribution is 2.38. The second kappa shape index (κ2) is 13.5. The molecule has 1 aliphatic carbocycles. The van der Waals surface area contributed by atoms with Crippen molar-refractivity contribution in [3.05, 3.63) is 52.3 Å². The molecule has 0 bridgehead atoms. The van der Waals surface area contributed by atoms with Crippen molar-refractivity contribution in [1.82, 2.24) is 25.2 Å². The summed E-state index contributed by atoms with van der Waals surface area (Å²) in [5, 5.41) is 13.8. The van der Waals surface area contributed by atoms with E-state index in [9.17, 15) is 44.7 Å². The summed E-state index contributed by atoms with van der Waals surface area (Å²) in [7, 11) is 1.42. The summed E-state index contributed by atoms with van der Waals surface area (Å²) in [6.45, 7) is -2.09. The van der Waals surface area contributed by atoms with Crippen LogP contribution in [0.2, 0.25) is 0 Å². The van der Waals surface area contributed by atoms with Crippen molar-refractivity contribution in [2.45, 2.75) is 63.5 Å². The van der Waals surface area contributed by atoms with Crippen molar-refractivity contribution in [1.29, 1.82) is 0 Å². The Bertz CT molecular complexity index is 1530. The number of aryl methyl sites for hydroxylation is 1. The number of alkyl halides is 8. The minimum Gasteiger partial charge on any atom is -0.471 e. The van der Waals surface area contributed by atoms with Gasteiger partial charge in [0.2, 0.25) is 11.8 Å². The number of carbonyl (C=O) groups excluding carboxylic acids is 2. The zero-order valence-corrected chi connectivity index (χ0v) is 23.7. The number of hydrogen-bond acceptors (Lipinski definition) is 6. The molecule has 1 saturated carbocycles. The molecule has 3 N–H and O–H groups in total. The number of imidazole rings is 1. The molecule has 2 heterocycles. The number of hydrogen-bond donors (Lipinski definition) is 3. The van der Waals surface area contributed by atoms with Gasteiger partial charge in [-0.25, -0.2) is 13.8 Å². The monoisotopic (exact) mass is 651 g/mol. The van der Waals surface area contributed by atoms with Gasteiger partial charge in [0.25, 0.3) is 12.3 Å². The summed E-state index contributed by atoms with van der Waals surface area (Å²) in [4.78, 5) is 33.0. The molecule has 0 saturated heterocycles. The van der Waals surface area contributed by atoms with Crippen molar-refractivity contribution in [2.24, 2.45) is 13.0 Å². The SMILES string of the molecule is Cn1c(Cc2cc(CNC(=O)CO)ccc2C(F)(F)F)nc2cc(C(=O)NC3CCC(C(F)(F)F)CC3)c(OCC(F)F)nc21. The first-order valence-electron chi connectivity index (χ1n) is 13.8. The lowest BCUT2D eigenvalue weighted by Gasteiger charge is -2.30.